The van der Waals surface area contributed by atoms with Crippen LogP contribution in [0.2, 0.25) is 0 Å². The molecule has 146 valence electrons. The van der Waals surface area contributed by atoms with Gasteiger partial charge in [-0.1, -0.05) is 12.5 Å². The minimum absolute atomic E-state index is 0.550. The highest BCUT2D eigenvalue weighted by atomic mass is 16.5. The van der Waals surface area contributed by atoms with E-state index in [0.29, 0.717) is 5.82 Å². The number of aromatic nitrogens is 5. The molecule has 0 amide bonds. The first kappa shape index (κ1) is 17.5. The summed E-state index contributed by atoms with van der Waals surface area (Å²) in [7, 11) is 1.65. The van der Waals surface area contributed by atoms with Crippen LogP contribution in [0, 0.1) is 11.3 Å². The first-order chi connectivity index (χ1) is 14.2. The third-order valence-corrected chi connectivity index (χ3v) is 5.77. The predicted molar refractivity (Wildman–Crippen MR) is 110 cm³/mol. The van der Waals surface area contributed by atoms with Gasteiger partial charge in [0, 0.05) is 5.39 Å². The van der Waals surface area contributed by atoms with Crippen molar-refractivity contribution < 1.29 is 4.74 Å². The van der Waals surface area contributed by atoms with Crippen LogP contribution in [0.15, 0.2) is 36.8 Å². The van der Waals surface area contributed by atoms with E-state index in [9.17, 15) is 5.26 Å². The van der Waals surface area contributed by atoms with Gasteiger partial charge in [-0.3, -0.25) is 9.78 Å². The van der Waals surface area contributed by atoms with Crippen LogP contribution in [0.25, 0.3) is 21.8 Å². The molecule has 3 aromatic heterocycles. The first-order valence-electron chi connectivity index (χ1n) is 9.77. The van der Waals surface area contributed by atoms with Gasteiger partial charge in [0.2, 0.25) is 0 Å². The number of hydrogen-bond acceptors (Lipinski definition) is 6. The Morgan fingerprint density at radius 2 is 2.10 bits per heavy atom. The maximum absolute atomic E-state index is 9.81. The maximum atomic E-state index is 9.81. The normalized spacial score (nSPS) is 16.0. The number of nitrogens with zero attached hydrogens (tertiary/aromatic N) is 5. The lowest BCUT2D eigenvalue weighted by Gasteiger charge is -2.30. The number of ether oxygens (including phenoxy) is 1. The van der Waals surface area contributed by atoms with Crippen LogP contribution in [-0.2, 0) is 5.54 Å². The van der Waals surface area contributed by atoms with E-state index in [1.165, 1.54) is 6.42 Å². The van der Waals surface area contributed by atoms with E-state index >= 15 is 0 Å². The summed E-state index contributed by atoms with van der Waals surface area (Å²) in [6.07, 6.45) is 10.4. The van der Waals surface area contributed by atoms with Gasteiger partial charge in [-0.05, 0) is 37.8 Å². The zero-order chi connectivity index (χ0) is 19.8. The van der Waals surface area contributed by atoms with Gasteiger partial charge < -0.3 is 10.1 Å². The third kappa shape index (κ3) is 2.78. The van der Waals surface area contributed by atoms with E-state index in [2.05, 4.69) is 26.7 Å². The Morgan fingerprint density at radius 1 is 1.24 bits per heavy atom. The molecule has 0 aliphatic heterocycles. The molecule has 1 aliphatic carbocycles. The Morgan fingerprint density at radius 3 is 2.90 bits per heavy atom. The standard InChI is InChI=1S/C21H21N7O/c1-29-17-7-5-6-16-18(17)15-11-23-27-19(15)20(26-16)25-14-10-24-28(12-14)21(13-22)8-3-2-4-9-21/h5-7,10-12H,2-4,8-9H2,1H3,(H,23,27)(H,25,26). The molecule has 29 heavy (non-hydrogen) atoms. The summed E-state index contributed by atoms with van der Waals surface area (Å²) >= 11 is 0. The Balaban J connectivity index is 1.55. The number of aromatic amines is 1. The highest BCUT2D eigenvalue weighted by Crippen LogP contribution is 2.36. The number of fused-ring (bicyclic) bond motifs is 3. The van der Waals surface area contributed by atoms with Gasteiger partial charge in [-0.15, -0.1) is 0 Å². The van der Waals surface area contributed by atoms with Crippen LogP contribution in [-0.4, -0.2) is 32.1 Å². The number of hydrogen-bond donors (Lipinski definition) is 2. The summed E-state index contributed by atoms with van der Waals surface area (Å²) in [4.78, 5) is 4.77. The molecule has 5 rings (SSSR count). The van der Waals surface area contributed by atoms with E-state index < -0.39 is 5.54 Å². The molecule has 1 saturated carbocycles. The summed E-state index contributed by atoms with van der Waals surface area (Å²) in [6, 6.07) is 8.28. The van der Waals surface area contributed by atoms with Crippen molar-refractivity contribution in [3.8, 4) is 11.8 Å². The summed E-state index contributed by atoms with van der Waals surface area (Å²) in [5.41, 5.74) is 1.85. The number of benzene rings is 1. The molecule has 2 N–H and O–H groups in total. The van der Waals surface area contributed by atoms with Crippen molar-refractivity contribution in [1.29, 1.82) is 5.26 Å². The fourth-order valence-corrected chi connectivity index (χ4v) is 4.26. The number of pyridine rings is 1. The average molecular weight is 387 g/mol. The fraction of sp³-hybridized carbons (Fsp3) is 0.333. The van der Waals surface area contributed by atoms with Crippen LogP contribution in [0.3, 0.4) is 0 Å². The van der Waals surface area contributed by atoms with Crippen molar-refractivity contribution in [2.45, 2.75) is 37.6 Å². The molecule has 0 radical (unpaired) electrons. The second-order valence-corrected chi connectivity index (χ2v) is 7.48. The van der Waals surface area contributed by atoms with Crippen molar-refractivity contribution in [2.24, 2.45) is 0 Å². The number of nitriles is 1. The van der Waals surface area contributed by atoms with Crippen molar-refractivity contribution >= 4 is 33.3 Å². The van der Waals surface area contributed by atoms with Crippen LogP contribution in [0.4, 0.5) is 11.5 Å². The molecule has 8 nitrogen and oxygen atoms in total. The summed E-state index contributed by atoms with van der Waals surface area (Å²) < 4.78 is 7.32. The highest BCUT2D eigenvalue weighted by Gasteiger charge is 2.34. The number of rotatable bonds is 4. The quantitative estimate of drug-likeness (QED) is 0.543. The Hall–Kier alpha value is -3.60. The predicted octanol–water partition coefficient (Wildman–Crippen LogP) is 4.24. The lowest BCUT2D eigenvalue weighted by atomic mass is 9.83. The first-order valence-corrected chi connectivity index (χ1v) is 9.77. The molecular formula is C21H21N7O. The molecule has 8 heteroatoms. The highest BCUT2D eigenvalue weighted by molar-refractivity contribution is 6.11. The Bertz CT molecular complexity index is 1230. The number of methoxy groups -OCH3 is 1. The lowest BCUT2D eigenvalue weighted by Crippen LogP contribution is -2.34. The van der Waals surface area contributed by atoms with E-state index in [0.717, 1.165) is 58.9 Å². The molecular weight excluding hydrogens is 366 g/mol. The van der Waals surface area contributed by atoms with Crippen LogP contribution < -0.4 is 10.1 Å². The van der Waals surface area contributed by atoms with E-state index in [1.807, 2.05) is 29.1 Å². The number of anilines is 2. The molecule has 0 unspecified atom stereocenters. The summed E-state index contributed by atoms with van der Waals surface area (Å²) in [5, 5.41) is 26.7. The van der Waals surface area contributed by atoms with Gasteiger partial charge in [0.1, 0.15) is 16.8 Å². The van der Waals surface area contributed by atoms with Crippen LogP contribution in [0.1, 0.15) is 32.1 Å². The van der Waals surface area contributed by atoms with Crippen LogP contribution >= 0.6 is 0 Å². The zero-order valence-electron chi connectivity index (χ0n) is 16.1. The average Bonchev–Trinajstić information content (AvgIpc) is 3.44. The molecule has 3 heterocycles. The molecule has 0 spiro atoms. The van der Waals surface area contributed by atoms with Crippen molar-refractivity contribution in [3.63, 3.8) is 0 Å². The van der Waals surface area contributed by atoms with E-state index in [-0.39, 0.29) is 0 Å². The molecule has 0 atom stereocenters. The van der Waals surface area contributed by atoms with E-state index in [4.69, 9.17) is 9.72 Å². The molecule has 0 saturated heterocycles. The fourth-order valence-electron chi connectivity index (χ4n) is 4.26. The smallest absolute Gasteiger partial charge is 0.157 e. The second-order valence-electron chi connectivity index (χ2n) is 7.48. The van der Waals surface area contributed by atoms with Gasteiger partial charge in [0.15, 0.2) is 5.82 Å². The van der Waals surface area contributed by atoms with Gasteiger partial charge in [-0.2, -0.15) is 15.5 Å². The molecule has 1 fully saturated rings. The van der Waals surface area contributed by atoms with Crippen LogP contribution in [0.5, 0.6) is 5.75 Å². The van der Waals surface area contributed by atoms with Crippen molar-refractivity contribution in [3.05, 3.63) is 36.8 Å². The number of nitrogens with one attached hydrogen (secondary N) is 2. The molecule has 0 bridgehead atoms. The topological polar surface area (TPSA) is 104 Å². The van der Waals surface area contributed by atoms with Gasteiger partial charge in [-0.25, -0.2) is 4.98 Å². The maximum Gasteiger partial charge on any atom is 0.157 e. The molecule has 4 aromatic rings. The SMILES string of the molecule is COc1cccc2nc(Nc3cnn(C4(C#N)CCCCC4)c3)c3[nH]ncc3c12. The second kappa shape index (κ2) is 6.78. The minimum atomic E-state index is -0.550. The molecule has 1 aromatic carbocycles. The summed E-state index contributed by atoms with van der Waals surface area (Å²) in [5.74, 6) is 1.42. The van der Waals surface area contributed by atoms with Crippen molar-refractivity contribution in [1.82, 2.24) is 25.0 Å². The van der Waals surface area contributed by atoms with Gasteiger partial charge in [0.25, 0.3) is 0 Å². The van der Waals surface area contributed by atoms with E-state index in [1.54, 1.807) is 19.5 Å². The summed E-state index contributed by atoms with van der Waals surface area (Å²) in [6.45, 7) is 0. The zero-order valence-corrected chi connectivity index (χ0v) is 16.1. The number of H-pyrrole nitrogens is 1. The van der Waals surface area contributed by atoms with Crippen molar-refractivity contribution in [2.75, 3.05) is 12.4 Å². The largest absolute Gasteiger partial charge is 0.496 e. The third-order valence-electron chi connectivity index (χ3n) is 5.77. The Kier molecular flexibility index (Phi) is 4.09. The monoisotopic (exact) mass is 387 g/mol. The van der Waals surface area contributed by atoms with Gasteiger partial charge >= 0.3 is 0 Å². The Labute approximate surface area is 167 Å². The molecule has 1 aliphatic rings. The lowest BCUT2D eigenvalue weighted by molar-refractivity contribution is 0.244. The minimum Gasteiger partial charge on any atom is -0.496 e. The van der Waals surface area contributed by atoms with Gasteiger partial charge in [0.05, 0.1) is 48.4 Å².